The number of carbonyl (C=O) groups excluding carboxylic acids is 4. The molecule has 33 heavy (non-hydrogen) atoms. The Hall–Kier alpha value is -3.68. The van der Waals surface area contributed by atoms with Gasteiger partial charge >= 0.3 is 0 Å². The molecule has 2 aromatic carbocycles. The van der Waals surface area contributed by atoms with Crippen molar-refractivity contribution in [2.75, 3.05) is 13.2 Å². The second-order valence-corrected chi connectivity index (χ2v) is 8.23. The first-order valence-corrected chi connectivity index (χ1v) is 11.1. The number of amides is 4. The Morgan fingerprint density at radius 2 is 1.00 bits per heavy atom. The Morgan fingerprint density at radius 1 is 0.606 bits per heavy atom. The van der Waals surface area contributed by atoms with Crippen LogP contribution < -0.4 is 20.1 Å². The molecule has 2 aliphatic rings. The average Bonchev–Trinajstić information content (AvgIpc) is 3.33. The molecule has 0 bridgehead atoms. The van der Waals surface area contributed by atoms with E-state index in [2.05, 4.69) is 10.6 Å². The molecule has 2 aliphatic heterocycles. The van der Waals surface area contributed by atoms with Gasteiger partial charge in [-0.15, -0.1) is 0 Å². The predicted octanol–water partition coefficient (Wildman–Crippen LogP) is 2.57. The van der Waals surface area contributed by atoms with Gasteiger partial charge in [-0.1, -0.05) is 24.3 Å². The first kappa shape index (κ1) is 22.5. The topological polar surface area (TPSA) is 111 Å². The zero-order valence-corrected chi connectivity index (χ0v) is 18.2. The van der Waals surface area contributed by atoms with Crippen LogP contribution in [0.5, 0.6) is 11.5 Å². The quantitative estimate of drug-likeness (QED) is 0.425. The highest BCUT2D eigenvalue weighted by molar-refractivity contribution is 6.06. The summed E-state index contributed by atoms with van der Waals surface area (Å²) in [4.78, 5) is 46.2. The van der Waals surface area contributed by atoms with Crippen LogP contribution in [0.4, 0.5) is 0 Å². The summed E-state index contributed by atoms with van der Waals surface area (Å²) in [5.74, 6) is -0.309. The zero-order valence-electron chi connectivity index (χ0n) is 18.2. The molecule has 4 amide bonds. The molecule has 0 aliphatic carbocycles. The minimum atomic E-state index is -0.408. The molecule has 0 unspecified atom stereocenters. The fraction of sp³-hybridized carbons (Fsp3) is 0.360. The highest BCUT2D eigenvalue weighted by Crippen LogP contribution is 2.27. The minimum Gasteiger partial charge on any atom is -0.494 e. The summed E-state index contributed by atoms with van der Waals surface area (Å²) in [6, 6.07) is 14.6. The number of ether oxygens (including phenoxy) is 2. The van der Waals surface area contributed by atoms with Crippen molar-refractivity contribution in [2.24, 2.45) is 0 Å². The summed E-state index contributed by atoms with van der Waals surface area (Å²) < 4.78 is 11.5. The Labute approximate surface area is 191 Å². The lowest BCUT2D eigenvalue weighted by molar-refractivity contribution is -0.126. The van der Waals surface area contributed by atoms with Crippen molar-refractivity contribution in [2.45, 2.75) is 43.9 Å². The van der Waals surface area contributed by atoms with Crippen LogP contribution in [-0.4, -0.2) is 36.8 Å². The first-order valence-electron chi connectivity index (χ1n) is 11.1. The zero-order chi connectivity index (χ0) is 23.2. The molecular weight excluding hydrogens is 424 g/mol. The third-order valence-corrected chi connectivity index (χ3v) is 5.83. The van der Waals surface area contributed by atoms with Crippen LogP contribution in [-0.2, 0) is 19.2 Å². The summed E-state index contributed by atoms with van der Waals surface area (Å²) in [6.45, 7) is 1.16. The molecule has 2 atom stereocenters. The van der Waals surface area contributed by atoms with Gasteiger partial charge in [0.25, 0.3) is 0 Å². The smallest absolute Gasteiger partial charge is 0.234 e. The van der Waals surface area contributed by atoms with E-state index >= 15 is 0 Å². The van der Waals surface area contributed by atoms with Gasteiger partial charge in [0.2, 0.25) is 23.6 Å². The summed E-state index contributed by atoms with van der Waals surface area (Å²) >= 11 is 0. The second-order valence-electron chi connectivity index (χ2n) is 8.23. The first-order chi connectivity index (χ1) is 16.0. The number of unbranched alkanes of at least 4 members (excludes halogenated alkanes) is 2. The van der Waals surface area contributed by atoms with Gasteiger partial charge in [-0.25, -0.2) is 0 Å². The molecule has 172 valence electrons. The molecule has 8 nitrogen and oxygen atoms in total. The lowest BCUT2D eigenvalue weighted by Gasteiger charge is -2.10. The average molecular weight is 450 g/mol. The van der Waals surface area contributed by atoms with Crippen molar-refractivity contribution in [1.82, 2.24) is 10.6 Å². The van der Waals surface area contributed by atoms with E-state index in [9.17, 15) is 19.2 Å². The van der Waals surface area contributed by atoms with Crippen LogP contribution in [0, 0.1) is 0 Å². The van der Waals surface area contributed by atoms with E-state index in [-0.39, 0.29) is 36.5 Å². The number of nitrogens with one attached hydrogen (secondary N) is 2. The van der Waals surface area contributed by atoms with Gasteiger partial charge < -0.3 is 9.47 Å². The SMILES string of the molecule is O=C1C[C@@H](c2ccc(OCCCCCOc3ccc([C@@H]4CC(=O)NC4=O)cc3)cc2)C(=O)N1. The van der Waals surface area contributed by atoms with Crippen molar-refractivity contribution in [3.05, 3.63) is 59.7 Å². The molecule has 2 aromatic rings. The van der Waals surface area contributed by atoms with E-state index in [0.717, 1.165) is 41.9 Å². The van der Waals surface area contributed by atoms with Crippen LogP contribution in [0.15, 0.2) is 48.5 Å². The summed E-state index contributed by atoms with van der Waals surface area (Å²) in [7, 11) is 0. The van der Waals surface area contributed by atoms with Gasteiger partial charge in [-0.3, -0.25) is 29.8 Å². The highest BCUT2D eigenvalue weighted by atomic mass is 16.5. The van der Waals surface area contributed by atoms with Gasteiger partial charge in [0, 0.05) is 12.8 Å². The van der Waals surface area contributed by atoms with E-state index < -0.39 is 11.8 Å². The molecule has 2 fully saturated rings. The molecular formula is C25H26N2O6. The number of carbonyl (C=O) groups is 4. The van der Waals surface area contributed by atoms with Crippen molar-refractivity contribution in [3.63, 3.8) is 0 Å². The number of rotatable bonds is 10. The maximum atomic E-state index is 11.8. The lowest BCUT2D eigenvalue weighted by Crippen LogP contribution is -2.21. The van der Waals surface area contributed by atoms with E-state index in [1.165, 1.54) is 0 Å². The summed E-state index contributed by atoms with van der Waals surface area (Å²) in [5.41, 5.74) is 1.63. The fourth-order valence-electron chi connectivity index (χ4n) is 4.00. The van der Waals surface area contributed by atoms with Crippen LogP contribution in [0.2, 0.25) is 0 Å². The van der Waals surface area contributed by atoms with E-state index in [1.807, 2.05) is 48.5 Å². The Balaban J connectivity index is 1.10. The Bertz CT molecular complexity index is 948. The Kier molecular flexibility index (Phi) is 7.02. The number of imide groups is 2. The van der Waals surface area contributed by atoms with Gasteiger partial charge in [0.05, 0.1) is 25.0 Å². The second kappa shape index (κ2) is 10.3. The van der Waals surface area contributed by atoms with Gasteiger partial charge in [-0.05, 0) is 54.7 Å². The number of hydrogen-bond acceptors (Lipinski definition) is 6. The maximum absolute atomic E-state index is 11.8. The lowest BCUT2D eigenvalue weighted by atomic mass is 9.98. The predicted molar refractivity (Wildman–Crippen MR) is 119 cm³/mol. The largest absolute Gasteiger partial charge is 0.494 e. The highest BCUT2D eigenvalue weighted by Gasteiger charge is 2.32. The van der Waals surface area contributed by atoms with Crippen molar-refractivity contribution < 1.29 is 28.7 Å². The van der Waals surface area contributed by atoms with Crippen LogP contribution in [0.3, 0.4) is 0 Å². The number of benzene rings is 2. The molecule has 0 spiro atoms. The standard InChI is InChI=1S/C25H26N2O6/c28-22-14-20(24(30)26-22)16-4-8-18(9-5-16)32-12-2-1-3-13-33-19-10-6-17(7-11-19)21-15-23(29)27-25(21)31/h4-11,20-21H,1-3,12-15H2,(H,26,28,30)(H,27,29,31)/t20-,21-/m0/s1. The van der Waals surface area contributed by atoms with Gasteiger partial charge in [0.1, 0.15) is 11.5 Å². The molecule has 0 saturated carbocycles. The van der Waals surface area contributed by atoms with E-state index in [1.54, 1.807) is 0 Å². The third-order valence-electron chi connectivity index (χ3n) is 5.83. The molecule has 2 N–H and O–H groups in total. The molecule has 0 radical (unpaired) electrons. The number of hydrogen-bond donors (Lipinski definition) is 2. The molecule has 8 heteroatoms. The molecule has 2 heterocycles. The monoisotopic (exact) mass is 450 g/mol. The van der Waals surface area contributed by atoms with Crippen LogP contribution >= 0.6 is 0 Å². The van der Waals surface area contributed by atoms with Gasteiger partial charge in [-0.2, -0.15) is 0 Å². The summed E-state index contributed by atoms with van der Waals surface area (Å²) in [5, 5.41) is 4.64. The van der Waals surface area contributed by atoms with Crippen molar-refractivity contribution >= 4 is 23.6 Å². The van der Waals surface area contributed by atoms with E-state index in [4.69, 9.17) is 9.47 Å². The van der Waals surface area contributed by atoms with Gasteiger partial charge in [0.15, 0.2) is 0 Å². The van der Waals surface area contributed by atoms with E-state index in [0.29, 0.717) is 13.2 Å². The fourth-order valence-corrected chi connectivity index (χ4v) is 4.00. The van der Waals surface area contributed by atoms with Crippen LogP contribution in [0.25, 0.3) is 0 Å². The Morgan fingerprint density at radius 3 is 1.33 bits per heavy atom. The molecule has 4 rings (SSSR count). The maximum Gasteiger partial charge on any atom is 0.234 e. The third kappa shape index (κ3) is 5.77. The van der Waals surface area contributed by atoms with Crippen LogP contribution in [0.1, 0.15) is 55.1 Å². The molecule has 0 aromatic heterocycles. The summed E-state index contributed by atoms with van der Waals surface area (Å²) in [6.07, 6.45) is 3.11. The van der Waals surface area contributed by atoms with Crippen molar-refractivity contribution in [3.8, 4) is 11.5 Å². The normalized spacial score (nSPS) is 20.0. The minimum absolute atomic E-state index is 0.198. The van der Waals surface area contributed by atoms with Crippen molar-refractivity contribution in [1.29, 1.82) is 0 Å². The molecule has 2 saturated heterocycles.